The lowest BCUT2D eigenvalue weighted by atomic mass is 10.1. The first-order chi connectivity index (χ1) is 12.8. The monoisotopic (exact) mass is 381 g/mol. The number of hydrazine groups is 2. The van der Waals surface area contributed by atoms with Crippen molar-refractivity contribution in [3.05, 3.63) is 35.9 Å². The second-order valence-corrected chi connectivity index (χ2v) is 5.87. The summed E-state index contributed by atoms with van der Waals surface area (Å²) in [6.45, 7) is 0.514. The lowest BCUT2D eigenvalue weighted by molar-refractivity contribution is 0.139. The molecule has 0 radical (unpaired) electrons. The molecule has 1 rings (SSSR count). The summed E-state index contributed by atoms with van der Waals surface area (Å²) in [6.07, 6.45) is 1.10. The fraction of sp³-hybridized carbons (Fsp3) is 0.438. The Morgan fingerprint density at radius 2 is 1.70 bits per heavy atom. The van der Waals surface area contributed by atoms with Crippen LogP contribution in [0.15, 0.2) is 30.3 Å². The zero-order valence-corrected chi connectivity index (χ0v) is 15.0. The minimum Gasteiger partial charge on any atom is -0.445 e. The molecular weight excluding hydrogens is 354 g/mol. The fourth-order valence-corrected chi connectivity index (χ4v) is 2.28. The second kappa shape index (κ2) is 11.5. The maximum atomic E-state index is 11.6. The highest BCUT2D eigenvalue weighted by Crippen LogP contribution is 2.07. The first-order valence-corrected chi connectivity index (χ1v) is 8.40. The van der Waals surface area contributed by atoms with Crippen LogP contribution in [0.5, 0.6) is 0 Å². The Hall–Kier alpha value is -3.05. The summed E-state index contributed by atoms with van der Waals surface area (Å²) in [5.74, 6) is 11.1. The molecular formula is C16H27N7O4. The Bertz CT molecular complexity index is 614. The van der Waals surface area contributed by atoms with Gasteiger partial charge in [0, 0.05) is 6.54 Å². The van der Waals surface area contributed by atoms with Crippen molar-refractivity contribution in [3.63, 3.8) is 0 Å². The highest BCUT2D eigenvalue weighted by atomic mass is 16.5. The number of rotatable bonds is 10. The van der Waals surface area contributed by atoms with E-state index in [9.17, 15) is 14.4 Å². The van der Waals surface area contributed by atoms with Gasteiger partial charge in [-0.05, 0) is 24.8 Å². The van der Waals surface area contributed by atoms with Crippen LogP contribution in [-0.4, -0.2) is 47.3 Å². The fourth-order valence-electron chi connectivity index (χ4n) is 2.28. The van der Waals surface area contributed by atoms with E-state index in [0.29, 0.717) is 25.8 Å². The number of carbonyl (C=O) groups excluding carboxylic acids is 3. The molecule has 0 heterocycles. The molecule has 11 nitrogen and oxygen atoms in total. The van der Waals surface area contributed by atoms with E-state index in [1.54, 1.807) is 0 Å². The molecule has 0 saturated carbocycles. The van der Waals surface area contributed by atoms with Gasteiger partial charge in [0.25, 0.3) is 0 Å². The van der Waals surface area contributed by atoms with Crippen LogP contribution >= 0.6 is 0 Å². The van der Waals surface area contributed by atoms with Crippen molar-refractivity contribution in [2.45, 2.75) is 31.9 Å². The van der Waals surface area contributed by atoms with E-state index < -0.39 is 24.2 Å². The van der Waals surface area contributed by atoms with Crippen LogP contribution in [0.4, 0.5) is 14.4 Å². The zero-order valence-electron chi connectivity index (χ0n) is 15.0. The summed E-state index contributed by atoms with van der Waals surface area (Å²) in [6, 6.07) is 7.03. The number of benzene rings is 1. The van der Waals surface area contributed by atoms with Gasteiger partial charge in [-0.2, -0.15) is 0 Å². The molecule has 1 atom stereocenters. The van der Waals surface area contributed by atoms with Crippen LogP contribution in [0.2, 0.25) is 0 Å². The molecule has 0 spiro atoms. The van der Waals surface area contributed by atoms with Crippen molar-refractivity contribution in [3.8, 4) is 0 Å². The first kappa shape index (κ1) is 22.0. The number of urea groups is 2. The van der Waals surface area contributed by atoms with Crippen molar-refractivity contribution in [1.29, 1.82) is 0 Å². The standard InChI is InChI=1S/C16H27N7O4/c17-14(24)22(19)10-13(23(20)15(18)25)8-4-5-9-21-16(26)27-11-12-6-2-1-3-7-12/h1-3,6-7,13H,4-5,8-11,19-20H2,(H2,17,24)(H2,18,25)(H,21,26)/t13-/m0/s1. The third kappa shape index (κ3) is 8.74. The molecule has 5 amide bonds. The Morgan fingerprint density at radius 3 is 2.30 bits per heavy atom. The van der Waals surface area contributed by atoms with E-state index in [1.807, 2.05) is 30.3 Å². The largest absolute Gasteiger partial charge is 0.445 e. The third-order valence-corrected chi connectivity index (χ3v) is 3.78. The Balaban J connectivity index is 2.28. The number of alkyl carbamates (subject to hydrolysis) is 1. The van der Waals surface area contributed by atoms with Crippen LogP contribution in [0.3, 0.4) is 0 Å². The summed E-state index contributed by atoms with van der Waals surface area (Å²) in [5, 5.41) is 4.20. The number of carbonyl (C=O) groups is 3. The number of hydrogen-bond donors (Lipinski definition) is 5. The molecule has 150 valence electrons. The summed E-state index contributed by atoms with van der Waals surface area (Å²) in [5.41, 5.74) is 11.1. The number of primary amides is 2. The van der Waals surface area contributed by atoms with E-state index in [1.165, 1.54) is 0 Å². The minimum atomic E-state index is -0.847. The van der Waals surface area contributed by atoms with Crippen molar-refractivity contribution in [2.75, 3.05) is 13.1 Å². The molecule has 0 unspecified atom stereocenters. The predicted octanol–water partition coefficient (Wildman–Crippen LogP) is -0.0395. The molecule has 0 aliphatic carbocycles. The van der Waals surface area contributed by atoms with Gasteiger partial charge < -0.3 is 21.5 Å². The topological polar surface area (TPSA) is 183 Å². The third-order valence-electron chi connectivity index (χ3n) is 3.78. The average molecular weight is 381 g/mol. The highest BCUT2D eigenvalue weighted by Gasteiger charge is 2.22. The molecule has 0 bridgehead atoms. The Morgan fingerprint density at radius 1 is 1.04 bits per heavy atom. The quantitative estimate of drug-likeness (QED) is 0.164. The molecule has 11 heteroatoms. The predicted molar refractivity (Wildman–Crippen MR) is 98.4 cm³/mol. The number of amides is 5. The van der Waals surface area contributed by atoms with Crippen LogP contribution in [0.1, 0.15) is 24.8 Å². The second-order valence-electron chi connectivity index (χ2n) is 5.87. The minimum absolute atomic E-state index is 0.0542. The number of ether oxygens (including phenoxy) is 1. The van der Waals surface area contributed by atoms with Crippen molar-refractivity contribution < 1.29 is 19.1 Å². The smallest absolute Gasteiger partial charge is 0.407 e. The van der Waals surface area contributed by atoms with Gasteiger partial charge in [-0.3, -0.25) is 10.0 Å². The summed E-state index contributed by atoms with van der Waals surface area (Å²) in [4.78, 5) is 33.9. The number of hydrogen-bond acceptors (Lipinski definition) is 6. The summed E-state index contributed by atoms with van der Waals surface area (Å²) < 4.78 is 5.09. The van der Waals surface area contributed by atoms with Gasteiger partial charge in [-0.1, -0.05) is 30.3 Å². The van der Waals surface area contributed by atoms with Crippen molar-refractivity contribution >= 4 is 18.2 Å². The number of unbranched alkanes of at least 4 members (excludes halogenated alkanes) is 1. The van der Waals surface area contributed by atoms with Gasteiger partial charge in [-0.25, -0.2) is 26.1 Å². The molecule has 1 aromatic carbocycles. The Labute approximate surface area is 157 Å². The van der Waals surface area contributed by atoms with E-state index in [2.05, 4.69) is 5.32 Å². The van der Waals surface area contributed by atoms with Crippen molar-refractivity contribution in [2.24, 2.45) is 23.2 Å². The number of nitrogens with zero attached hydrogens (tertiary/aromatic N) is 2. The normalized spacial score (nSPS) is 11.3. The molecule has 0 aliphatic heterocycles. The molecule has 27 heavy (non-hydrogen) atoms. The van der Waals surface area contributed by atoms with Gasteiger partial charge in [-0.15, -0.1) is 0 Å². The molecule has 0 aliphatic rings. The van der Waals surface area contributed by atoms with Gasteiger partial charge >= 0.3 is 18.2 Å². The van der Waals surface area contributed by atoms with Crippen LogP contribution < -0.4 is 28.5 Å². The molecule has 0 aromatic heterocycles. The van der Waals surface area contributed by atoms with Crippen LogP contribution in [-0.2, 0) is 11.3 Å². The van der Waals surface area contributed by atoms with Gasteiger partial charge in [0.15, 0.2) is 0 Å². The lowest BCUT2D eigenvalue weighted by Crippen LogP contribution is -2.56. The number of nitrogens with one attached hydrogen (secondary N) is 1. The van der Waals surface area contributed by atoms with E-state index in [4.69, 9.17) is 27.9 Å². The van der Waals surface area contributed by atoms with E-state index >= 15 is 0 Å². The highest BCUT2D eigenvalue weighted by molar-refractivity contribution is 5.72. The zero-order chi connectivity index (χ0) is 20.2. The van der Waals surface area contributed by atoms with Crippen LogP contribution in [0, 0.1) is 0 Å². The van der Waals surface area contributed by atoms with E-state index in [0.717, 1.165) is 15.6 Å². The maximum Gasteiger partial charge on any atom is 0.407 e. The molecule has 0 fully saturated rings. The van der Waals surface area contributed by atoms with Crippen LogP contribution in [0.25, 0.3) is 0 Å². The average Bonchev–Trinajstić information content (AvgIpc) is 2.65. The molecule has 0 saturated heterocycles. The summed E-state index contributed by atoms with van der Waals surface area (Å²) in [7, 11) is 0. The van der Waals surface area contributed by atoms with Crippen molar-refractivity contribution in [1.82, 2.24) is 15.3 Å². The maximum absolute atomic E-state index is 11.6. The van der Waals surface area contributed by atoms with Gasteiger partial charge in [0.1, 0.15) is 6.61 Å². The summed E-state index contributed by atoms with van der Waals surface area (Å²) >= 11 is 0. The first-order valence-electron chi connectivity index (χ1n) is 8.40. The SMILES string of the molecule is NC(=O)N(N)C[C@H](CCCCNC(=O)OCc1ccccc1)N(N)C(N)=O. The van der Waals surface area contributed by atoms with Gasteiger partial charge in [0.05, 0.1) is 12.6 Å². The molecule has 9 N–H and O–H groups in total. The Kier molecular flexibility index (Phi) is 9.40. The lowest BCUT2D eigenvalue weighted by Gasteiger charge is -2.28. The molecule has 1 aromatic rings. The van der Waals surface area contributed by atoms with E-state index in [-0.39, 0.29) is 13.2 Å². The number of nitrogens with two attached hydrogens (primary N) is 4. The van der Waals surface area contributed by atoms with Gasteiger partial charge in [0.2, 0.25) is 0 Å².